The molecular formula is C7H6Cl2N2O. The van der Waals surface area contributed by atoms with Gasteiger partial charge in [0.15, 0.2) is 0 Å². The van der Waals surface area contributed by atoms with Crippen molar-refractivity contribution in [3.8, 4) is 5.75 Å². The smallest absolute Gasteiger partial charge is 0.120 e. The van der Waals surface area contributed by atoms with Gasteiger partial charge in [-0.05, 0) is 19.1 Å². The lowest BCUT2D eigenvalue weighted by Gasteiger charge is -2.02. The highest BCUT2D eigenvalue weighted by Gasteiger charge is 2.05. The minimum Gasteiger partial charge on any atom is -0.508 e. The van der Waals surface area contributed by atoms with E-state index >= 15 is 0 Å². The van der Waals surface area contributed by atoms with E-state index < -0.39 is 0 Å². The molecule has 3 nitrogen and oxygen atoms in total. The summed E-state index contributed by atoms with van der Waals surface area (Å²) in [5.74, 6) is 0.133. The van der Waals surface area contributed by atoms with Gasteiger partial charge in [-0.25, -0.2) is 0 Å². The second-order valence-corrected chi connectivity index (χ2v) is 2.75. The Kier molecular flexibility index (Phi) is 2.89. The minimum absolute atomic E-state index is 0.133. The highest BCUT2D eigenvalue weighted by Crippen LogP contribution is 2.33. The van der Waals surface area contributed by atoms with Gasteiger partial charge in [0.05, 0.1) is 16.8 Å². The van der Waals surface area contributed by atoms with E-state index in [1.165, 1.54) is 12.1 Å². The van der Waals surface area contributed by atoms with E-state index in [1.807, 2.05) is 0 Å². The first-order valence-corrected chi connectivity index (χ1v) is 3.88. The largest absolute Gasteiger partial charge is 0.508 e. The van der Waals surface area contributed by atoms with E-state index in [9.17, 15) is 5.11 Å². The molecule has 0 aliphatic carbocycles. The molecule has 12 heavy (non-hydrogen) atoms. The first-order valence-electron chi connectivity index (χ1n) is 3.17. The molecule has 0 spiro atoms. The molecule has 0 amide bonds. The molecule has 64 valence electrons. The number of nitrogens with zero attached hydrogens (tertiary/aromatic N) is 2. The molecule has 0 saturated heterocycles. The SMILES string of the molecule is Cc1c(O)ccc(N=NCl)c1Cl. The van der Waals surface area contributed by atoms with Crippen molar-refractivity contribution in [2.24, 2.45) is 9.75 Å². The van der Waals surface area contributed by atoms with Crippen LogP contribution in [0.5, 0.6) is 5.75 Å². The molecule has 1 aromatic rings. The highest BCUT2D eigenvalue weighted by atomic mass is 35.5. The van der Waals surface area contributed by atoms with Crippen molar-refractivity contribution < 1.29 is 5.11 Å². The fraction of sp³-hybridized carbons (Fsp3) is 0.143. The molecule has 0 aromatic heterocycles. The normalized spacial score (nSPS) is 10.9. The van der Waals surface area contributed by atoms with Gasteiger partial charge in [0.2, 0.25) is 0 Å². The predicted molar refractivity (Wildman–Crippen MR) is 48.2 cm³/mol. The number of halogens is 2. The standard InChI is InChI=1S/C7H6Cl2N2O/c1-4-6(12)3-2-5(7(4)8)10-11-9/h2-3,12H,1H3. The van der Waals surface area contributed by atoms with Gasteiger partial charge in [-0.2, -0.15) is 0 Å². The van der Waals surface area contributed by atoms with Gasteiger partial charge in [-0.15, -0.1) is 5.11 Å². The summed E-state index contributed by atoms with van der Waals surface area (Å²) >= 11 is 10.8. The van der Waals surface area contributed by atoms with Crippen molar-refractivity contribution in [3.05, 3.63) is 22.7 Å². The summed E-state index contributed by atoms with van der Waals surface area (Å²) in [5, 5.41) is 13.1. The Balaban J connectivity index is 3.26. The van der Waals surface area contributed by atoms with E-state index in [0.717, 1.165) is 0 Å². The third-order valence-electron chi connectivity index (χ3n) is 1.48. The fourth-order valence-electron chi connectivity index (χ4n) is 0.779. The Morgan fingerprint density at radius 3 is 2.67 bits per heavy atom. The molecule has 1 rings (SSSR count). The number of hydrogen-bond acceptors (Lipinski definition) is 3. The number of hydrogen-bond donors (Lipinski definition) is 1. The van der Waals surface area contributed by atoms with Crippen LogP contribution in [0.3, 0.4) is 0 Å². The number of aromatic hydroxyl groups is 1. The van der Waals surface area contributed by atoms with Crippen LogP contribution in [0.4, 0.5) is 5.69 Å². The fourth-order valence-corrected chi connectivity index (χ4v) is 1.06. The van der Waals surface area contributed by atoms with Crippen molar-refractivity contribution in [1.29, 1.82) is 0 Å². The first-order chi connectivity index (χ1) is 5.66. The van der Waals surface area contributed by atoms with E-state index in [2.05, 4.69) is 9.75 Å². The zero-order chi connectivity index (χ0) is 9.14. The average Bonchev–Trinajstić information content (AvgIpc) is 2.07. The third kappa shape index (κ3) is 1.68. The summed E-state index contributed by atoms with van der Waals surface area (Å²) in [5.41, 5.74) is 1.01. The summed E-state index contributed by atoms with van der Waals surface area (Å²) in [7, 11) is 0. The second-order valence-electron chi connectivity index (χ2n) is 2.22. The molecular weight excluding hydrogens is 199 g/mol. The molecule has 0 fully saturated rings. The summed E-state index contributed by atoms with van der Waals surface area (Å²) in [6.07, 6.45) is 0. The Morgan fingerprint density at radius 1 is 1.42 bits per heavy atom. The highest BCUT2D eigenvalue weighted by molar-refractivity contribution is 6.34. The zero-order valence-corrected chi connectivity index (χ0v) is 7.76. The molecule has 0 atom stereocenters. The van der Waals surface area contributed by atoms with Crippen LogP contribution < -0.4 is 0 Å². The molecule has 1 N–H and O–H groups in total. The average molecular weight is 205 g/mol. The maximum Gasteiger partial charge on any atom is 0.120 e. The maximum atomic E-state index is 9.20. The molecule has 5 heteroatoms. The molecule has 0 radical (unpaired) electrons. The summed E-state index contributed by atoms with van der Waals surface area (Å²) < 4.78 is 3.07. The van der Waals surface area contributed by atoms with Crippen LogP contribution in [-0.4, -0.2) is 5.11 Å². The lowest BCUT2D eigenvalue weighted by atomic mass is 10.2. The topological polar surface area (TPSA) is 45.0 Å². The van der Waals surface area contributed by atoms with Crippen LogP contribution in [-0.2, 0) is 0 Å². The molecule has 0 heterocycles. The van der Waals surface area contributed by atoms with E-state index in [1.54, 1.807) is 6.92 Å². The lowest BCUT2D eigenvalue weighted by molar-refractivity contribution is 0.471. The molecule has 0 aliphatic rings. The Labute approximate surface area is 79.8 Å². The van der Waals surface area contributed by atoms with E-state index in [4.69, 9.17) is 23.4 Å². The zero-order valence-electron chi connectivity index (χ0n) is 6.25. The van der Waals surface area contributed by atoms with Gasteiger partial charge in [0, 0.05) is 5.56 Å². The van der Waals surface area contributed by atoms with Crippen molar-refractivity contribution >= 4 is 29.1 Å². The predicted octanol–water partition coefficient (Wildman–Crippen LogP) is 3.59. The number of phenols is 1. The van der Waals surface area contributed by atoms with Crippen LogP contribution in [0.1, 0.15) is 5.56 Å². The van der Waals surface area contributed by atoms with E-state index in [0.29, 0.717) is 16.3 Å². The van der Waals surface area contributed by atoms with Gasteiger partial charge >= 0.3 is 0 Å². The van der Waals surface area contributed by atoms with Crippen LogP contribution in [0.2, 0.25) is 5.02 Å². The van der Waals surface area contributed by atoms with Crippen LogP contribution in [0, 0.1) is 6.92 Å². The van der Waals surface area contributed by atoms with Crippen molar-refractivity contribution in [3.63, 3.8) is 0 Å². The van der Waals surface area contributed by atoms with Gasteiger partial charge < -0.3 is 5.11 Å². The van der Waals surface area contributed by atoms with Crippen LogP contribution >= 0.6 is 23.4 Å². The Bertz CT molecular complexity index is 325. The minimum atomic E-state index is 0.133. The number of benzene rings is 1. The summed E-state index contributed by atoms with van der Waals surface area (Å²) in [4.78, 5) is 0. The maximum absolute atomic E-state index is 9.20. The molecule has 1 aromatic carbocycles. The number of rotatable bonds is 1. The molecule has 0 unspecified atom stereocenters. The van der Waals surface area contributed by atoms with Crippen LogP contribution in [0.25, 0.3) is 0 Å². The van der Waals surface area contributed by atoms with Gasteiger partial charge in [-0.3, -0.25) is 0 Å². The van der Waals surface area contributed by atoms with Gasteiger partial charge in [0.25, 0.3) is 0 Å². The van der Waals surface area contributed by atoms with E-state index in [-0.39, 0.29) is 5.75 Å². The second kappa shape index (κ2) is 3.74. The lowest BCUT2D eigenvalue weighted by Crippen LogP contribution is -1.76. The van der Waals surface area contributed by atoms with Crippen molar-refractivity contribution in [2.45, 2.75) is 6.92 Å². The van der Waals surface area contributed by atoms with Gasteiger partial charge in [0.1, 0.15) is 11.4 Å². The summed E-state index contributed by atoms with van der Waals surface area (Å²) in [6, 6.07) is 3.03. The third-order valence-corrected chi connectivity index (χ3v) is 2.04. The van der Waals surface area contributed by atoms with Crippen LogP contribution in [0.15, 0.2) is 21.9 Å². The molecule has 0 bridgehead atoms. The van der Waals surface area contributed by atoms with Crippen molar-refractivity contribution in [2.75, 3.05) is 0 Å². The first kappa shape index (κ1) is 9.29. The Hall–Kier alpha value is -0.800. The molecule has 0 saturated carbocycles. The summed E-state index contributed by atoms with van der Waals surface area (Å²) in [6.45, 7) is 1.69. The van der Waals surface area contributed by atoms with Crippen molar-refractivity contribution in [1.82, 2.24) is 0 Å². The molecule has 0 aliphatic heterocycles. The monoisotopic (exact) mass is 204 g/mol. The number of phenolic OH excluding ortho intramolecular Hbond substituents is 1. The Morgan fingerprint density at radius 2 is 2.08 bits per heavy atom. The van der Waals surface area contributed by atoms with Gasteiger partial charge in [-0.1, -0.05) is 16.2 Å². The quantitative estimate of drug-likeness (QED) is 0.699.